The molecule has 1 aliphatic rings. The molecule has 0 saturated heterocycles. The summed E-state index contributed by atoms with van der Waals surface area (Å²) >= 11 is 0. The highest BCUT2D eigenvalue weighted by Crippen LogP contribution is 2.38. The van der Waals surface area contributed by atoms with Crippen molar-refractivity contribution in [3.63, 3.8) is 0 Å². The highest BCUT2D eigenvalue weighted by Gasteiger charge is 2.31. The van der Waals surface area contributed by atoms with Gasteiger partial charge in [-0.05, 0) is 37.0 Å². The molecule has 1 aliphatic carbocycles. The molecule has 1 aromatic carbocycles. The number of amides is 1. The van der Waals surface area contributed by atoms with E-state index in [0.29, 0.717) is 17.6 Å². The highest BCUT2D eigenvalue weighted by atomic mass is 16.5. The van der Waals surface area contributed by atoms with Crippen LogP contribution in [0.5, 0.6) is 0 Å². The first-order valence-electron chi connectivity index (χ1n) is 7.93. The molecule has 1 amide bonds. The summed E-state index contributed by atoms with van der Waals surface area (Å²) in [5.74, 6) is 0.0498. The van der Waals surface area contributed by atoms with E-state index in [0.717, 1.165) is 12.8 Å². The SMILES string of the molecule is CC(C)C(NC(=O)c1cccc(C(=O)O)c1)c1nc(C2CC2)no1. The van der Waals surface area contributed by atoms with Gasteiger partial charge in [-0.2, -0.15) is 4.98 Å². The Balaban J connectivity index is 1.78. The molecule has 2 aromatic rings. The minimum atomic E-state index is -1.07. The number of benzene rings is 1. The zero-order valence-electron chi connectivity index (χ0n) is 13.5. The summed E-state index contributed by atoms with van der Waals surface area (Å²) in [7, 11) is 0. The number of aromatic carboxylic acids is 1. The highest BCUT2D eigenvalue weighted by molar-refractivity contribution is 5.97. The van der Waals surface area contributed by atoms with Crippen LogP contribution in [-0.2, 0) is 0 Å². The van der Waals surface area contributed by atoms with Crippen molar-refractivity contribution >= 4 is 11.9 Å². The van der Waals surface area contributed by atoms with Gasteiger partial charge in [-0.25, -0.2) is 4.79 Å². The van der Waals surface area contributed by atoms with Crippen LogP contribution < -0.4 is 5.32 Å². The van der Waals surface area contributed by atoms with Gasteiger partial charge in [0.1, 0.15) is 6.04 Å². The topological polar surface area (TPSA) is 105 Å². The quantitative estimate of drug-likeness (QED) is 0.844. The van der Waals surface area contributed by atoms with E-state index in [1.807, 2.05) is 13.8 Å². The molecule has 1 atom stereocenters. The van der Waals surface area contributed by atoms with Crippen molar-refractivity contribution in [3.8, 4) is 0 Å². The molecule has 0 bridgehead atoms. The molecule has 1 aromatic heterocycles. The van der Waals surface area contributed by atoms with E-state index in [-0.39, 0.29) is 23.0 Å². The third-order valence-electron chi connectivity index (χ3n) is 3.99. The van der Waals surface area contributed by atoms with Crippen molar-refractivity contribution in [1.82, 2.24) is 15.5 Å². The third kappa shape index (κ3) is 3.45. The summed E-state index contributed by atoms with van der Waals surface area (Å²) in [6, 6.07) is 5.48. The number of aromatic nitrogens is 2. The van der Waals surface area contributed by atoms with Crippen LogP contribution in [0, 0.1) is 5.92 Å². The van der Waals surface area contributed by atoms with Crippen molar-refractivity contribution in [2.75, 3.05) is 0 Å². The molecule has 7 nitrogen and oxygen atoms in total. The largest absolute Gasteiger partial charge is 0.478 e. The number of nitrogens with one attached hydrogen (secondary N) is 1. The molecule has 1 saturated carbocycles. The van der Waals surface area contributed by atoms with E-state index in [4.69, 9.17) is 9.63 Å². The van der Waals surface area contributed by atoms with Crippen LogP contribution in [0.1, 0.15) is 71.1 Å². The lowest BCUT2D eigenvalue weighted by molar-refractivity contribution is 0.0697. The number of nitrogens with zero attached hydrogens (tertiary/aromatic N) is 2. The number of hydrogen-bond donors (Lipinski definition) is 2. The molecule has 24 heavy (non-hydrogen) atoms. The molecule has 1 fully saturated rings. The van der Waals surface area contributed by atoms with Crippen molar-refractivity contribution in [3.05, 3.63) is 47.1 Å². The molecule has 3 rings (SSSR count). The Bertz CT molecular complexity index is 765. The van der Waals surface area contributed by atoms with Gasteiger partial charge in [-0.3, -0.25) is 4.79 Å². The maximum absolute atomic E-state index is 12.5. The van der Waals surface area contributed by atoms with Crippen LogP contribution >= 0.6 is 0 Å². The summed E-state index contributed by atoms with van der Waals surface area (Å²) in [6.45, 7) is 3.89. The van der Waals surface area contributed by atoms with Gasteiger partial charge in [0.25, 0.3) is 5.91 Å². The average molecular weight is 329 g/mol. The second kappa shape index (κ2) is 6.43. The van der Waals surface area contributed by atoms with E-state index in [9.17, 15) is 9.59 Å². The van der Waals surface area contributed by atoms with Gasteiger partial charge in [-0.15, -0.1) is 0 Å². The fourth-order valence-corrected chi connectivity index (χ4v) is 2.41. The van der Waals surface area contributed by atoms with Crippen LogP contribution in [0.4, 0.5) is 0 Å². The summed E-state index contributed by atoms with van der Waals surface area (Å²) in [5, 5.41) is 15.9. The zero-order chi connectivity index (χ0) is 17.3. The van der Waals surface area contributed by atoms with Crippen LogP contribution in [-0.4, -0.2) is 27.1 Å². The fraction of sp³-hybridized carbons (Fsp3) is 0.412. The molecule has 1 unspecified atom stereocenters. The Labute approximate surface area is 139 Å². The van der Waals surface area contributed by atoms with E-state index in [2.05, 4.69) is 15.5 Å². The van der Waals surface area contributed by atoms with Gasteiger partial charge >= 0.3 is 5.97 Å². The lowest BCUT2D eigenvalue weighted by atomic mass is 10.0. The first-order valence-corrected chi connectivity index (χ1v) is 7.93. The van der Waals surface area contributed by atoms with Crippen LogP contribution in [0.25, 0.3) is 0 Å². The number of carboxylic acid groups (broad SMARTS) is 1. The van der Waals surface area contributed by atoms with Gasteiger partial charge in [0.05, 0.1) is 5.56 Å². The normalized spacial score (nSPS) is 15.3. The van der Waals surface area contributed by atoms with Crippen molar-refractivity contribution in [1.29, 1.82) is 0 Å². The Morgan fingerprint density at radius 1 is 1.29 bits per heavy atom. The smallest absolute Gasteiger partial charge is 0.335 e. The maximum atomic E-state index is 12.5. The lowest BCUT2D eigenvalue weighted by Gasteiger charge is -2.18. The molecule has 7 heteroatoms. The first kappa shape index (κ1) is 16.2. The van der Waals surface area contributed by atoms with E-state index in [1.165, 1.54) is 12.1 Å². The van der Waals surface area contributed by atoms with E-state index >= 15 is 0 Å². The summed E-state index contributed by atoms with van der Waals surface area (Å²) < 4.78 is 5.32. The fourth-order valence-electron chi connectivity index (χ4n) is 2.41. The van der Waals surface area contributed by atoms with Gasteiger partial charge < -0.3 is 14.9 Å². The van der Waals surface area contributed by atoms with Gasteiger partial charge in [0.2, 0.25) is 5.89 Å². The average Bonchev–Trinajstić information content (AvgIpc) is 3.30. The van der Waals surface area contributed by atoms with Gasteiger partial charge in [0, 0.05) is 11.5 Å². The Morgan fingerprint density at radius 3 is 2.62 bits per heavy atom. The predicted octanol–water partition coefficient (Wildman–Crippen LogP) is 2.77. The van der Waals surface area contributed by atoms with Crippen LogP contribution in [0.15, 0.2) is 28.8 Å². The Morgan fingerprint density at radius 2 is 2.00 bits per heavy atom. The Kier molecular flexibility index (Phi) is 4.33. The standard InChI is InChI=1S/C17H19N3O4/c1-9(2)13(16-19-14(20-24-16)10-6-7-10)18-15(21)11-4-3-5-12(8-11)17(22)23/h3-5,8-10,13H,6-7H2,1-2H3,(H,18,21)(H,22,23). The number of carboxylic acids is 1. The number of hydrogen-bond acceptors (Lipinski definition) is 5. The minimum Gasteiger partial charge on any atom is -0.478 e. The summed E-state index contributed by atoms with van der Waals surface area (Å²) in [6.07, 6.45) is 2.14. The Hall–Kier alpha value is -2.70. The minimum absolute atomic E-state index is 0.0455. The number of carbonyl (C=O) groups is 2. The lowest BCUT2D eigenvalue weighted by Crippen LogP contribution is -2.32. The summed E-state index contributed by atoms with van der Waals surface area (Å²) in [5.41, 5.74) is 0.347. The third-order valence-corrected chi connectivity index (χ3v) is 3.99. The number of rotatable bonds is 6. The van der Waals surface area contributed by atoms with Crippen molar-refractivity contribution in [2.45, 2.75) is 38.6 Å². The summed E-state index contributed by atoms with van der Waals surface area (Å²) in [4.78, 5) is 27.9. The van der Waals surface area contributed by atoms with E-state index in [1.54, 1.807) is 12.1 Å². The van der Waals surface area contributed by atoms with Gasteiger partial charge in [-0.1, -0.05) is 25.1 Å². The maximum Gasteiger partial charge on any atom is 0.335 e. The van der Waals surface area contributed by atoms with E-state index < -0.39 is 12.0 Å². The van der Waals surface area contributed by atoms with Crippen molar-refractivity contribution in [2.24, 2.45) is 5.92 Å². The molecule has 0 spiro atoms. The molecular weight excluding hydrogens is 310 g/mol. The second-order valence-corrected chi connectivity index (χ2v) is 6.35. The van der Waals surface area contributed by atoms with Crippen molar-refractivity contribution < 1.29 is 19.2 Å². The molecule has 2 N–H and O–H groups in total. The molecule has 126 valence electrons. The number of carbonyl (C=O) groups excluding carboxylic acids is 1. The van der Waals surface area contributed by atoms with Crippen LogP contribution in [0.3, 0.4) is 0 Å². The monoisotopic (exact) mass is 329 g/mol. The molecular formula is C17H19N3O4. The first-order chi connectivity index (χ1) is 11.5. The van der Waals surface area contributed by atoms with Crippen LogP contribution in [0.2, 0.25) is 0 Å². The molecule has 1 heterocycles. The molecule has 0 aliphatic heterocycles. The van der Waals surface area contributed by atoms with Gasteiger partial charge in [0.15, 0.2) is 5.82 Å². The zero-order valence-corrected chi connectivity index (χ0v) is 13.5. The second-order valence-electron chi connectivity index (χ2n) is 6.35. The predicted molar refractivity (Wildman–Crippen MR) is 84.7 cm³/mol. The molecule has 0 radical (unpaired) electrons.